The number of thiophene rings is 1. The summed E-state index contributed by atoms with van der Waals surface area (Å²) in [6.45, 7) is 3.85. The number of aliphatic carboxylic acids is 1. The standard InChI is InChI=1S/C16H17NO4S/c1-9-4-5-11(8-10(9)2)13(16(19)20)17-15(18)14-12(21-3)6-7-22-14/h4-8,13H,1-3H3,(H,17,18)(H,19,20). The third kappa shape index (κ3) is 3.28. The molecule has 1 aromatic carbocycles. The fourth-order valence-electron chi connectivity index (χ4n) is 2.05. The van der Waals surface area contributed by atoms with Crippen molar-refractivity contribution >= 4 is 23.2 Å². The topological polar surface area (TPSA) is 75.6 Å². The molecular formula is C16H17NO4S. The number of benzene rings is 1. The summed E-state index contributed by atoms with van der Waals surface area (Å²) in [7, 11) is 1.47. The molecule has 6 heteroatoms. The fourth-order valence-corrected chi connectivity index (χ4v) is 2.81. The predicted molar refractivity (Wildman–Crippen MR) is 84.6 cm³/mol. The largest absolute Gasteiger partial charge is 0.495 e. The Morgan fingerprint density at radius 3 is 2.55 bits per heavy atom. The van der Waals surface area contributed by atoms with Crippen LogP contribution in [0.15, 0.2) is 29.6 Å². The number of hydrogen-bond donors (Lipinski definition) is 2. The van der Waals surface area contributed by atoms with Gasteiger partial charge in [0.25, 0.3) is 5.91 Å². The summed E-state index contributed by atoms with van der Waals surface area (Å²) >= 11 is 1.21. The molecular weight excluding hydrogens is 302 g/mol. The summed E-state index contributed by atoms with van der Waals surface area (Å²) in [4.78, 5) is 24.2. The van der Waals surface area contributed by atoms with Crippen molar-refractivity contribution in [3.8, 4) is 5.75 Å². The molecule has 2 rings (SSSR count). The maximum Gasteiger partial charge on any atom is 0.330 e. The Hall–Kier alpha value is -2.34. The fraction of sp³-hybridized carbons (Fsp3) is 0.250. The maximum absolute atomic E-state index is 12.3. The second kappa shape index (κ2) is 6.62. The van der Waals surface area contributed by atoms with Crippen LogP contribution in [0.3, 0.4) is 0 Å². The number of rotatable bonds is 5. The van der Waals surface area contributed by atoms with Crippen molar-refractivity contribution in [2.75, 3.05) is 7.11 Å². The van der Waals surface area contributed by atoms with Gasteiger partial charge >= 0.3 is 5.97 Å². The van der Waals surface area contributed by atoms with E-state index >= 15 is 0 Å². The number of carboxylic acid groups (broad SMARTS) is 1. The van der Waals surface area contributed by atoms with Crippen LogP contribution in [0.4, 0.5) is 0 Å². The smallest absolute Gasteiger partial charge is 0.330 e. The van der Waals surface area contributed by atoms with Crippen LogP contribution in [0.2, 0.25) is 0 Å². The summed E-state index contributed by atoms with van der Waals surface area (Å²) in [6, 6.07) is 5.91. The number of methoxy groups -OCH3 is 1. The minimum absolute atomic E-state index is 0.359. The predicted octanol–water partition coefficient (Wildman–Crippen LogP) is 2.93. The van der Waals surface area contributed by atoms with Crippen molar-refractivity contribution < 1.29 is 19.4 Å². The molecule has 5 nitrogen and oxygen atoms in total. The van der Waals surface area contributed by atoms with Gasteiger partial charge in [-0.15, -0.1) is 11.3 Å². The monoisotopic (exact) mass is 319 g/mol. The molecule has 1 heterocycles. The molecule has 116 valence electrons. The Bertz CT molecular complexity index is 708. The van der Waals surface area contributed by atoms with Gasteiger partial charge in [0.15, 0.2) is 6.04 Å². The van der Waals surface area contributed by atoms with E-state index in [1.165, 1.54) is 18.4 Å². The van der Waals surface area contributed by atoms with Crippen molar-refractivity contribution in [3.05, 3.63) is 51.2 Å². The number of carbonyl (C=O) groups excluding carboxylic acids is 1. The van der Waals surface area contributed by atoms with Gasteiger partial charge in [-0.05, 0) is 42.0 Å². The van der Waals surface area contributed by atoms with Crippen LogP contribution >= 0.6 is 11.3 Å². The highest BCUT2D eigenvalue weighted by Crippen LogP contribution is 2.25. The minimum Gasteiger partial charge on any atom is -0.495 e. The molecule has 1 atom stereocenters. The molecule has 0 bridgehead atoms. The summed E-state index contributed by atoms with van der Waals surface area (Å²) in [6.07, 6.45) is 0. The molecule has 22 heavy (non-hydrogen) atoms. The Kier molecular flexibility index (Phi) is 4.82. The van der Waals surface area contributed by atoms with Crippen molar-refractivity contribution in [3.63, 3.8) is 0 Å². The highest BCUT2D eigenvalue weighted by atomic mass is 32.1. The van der Waals surface area contributed by atoms with Crippen LogP contribution in [-0.4, -0.2) is 24.1 Å². The first kappa shape index (κ1) is 16.0. The van der Waals surface area contributed by atoms with Crippen molar-refractivity contribution in [2.45, 2.75) is 19.9 Å². The van der Waals surface area contributed by atoms with E-state index < -0.39 is 17.9 Å². The molecule has 2 N–H and O–H groups in total. The Morgan fingerprint density at radius 2 is 1.95 bits per heavy atom. The Balaban J connectivity index is 2.27. The van der Waals surface area contributed by atoms with Gasteiger partial charge in [-0.2, -0.15) is 0 Å². The Labute approximate surface area is 132 Å². The van der Waals surface area contributed by atoms with E-state index in [9.17, 15) is 14.7 Å². The molecule has 1 aromatic heterocycles. The SMILES string of the molecule is COc1ccsc1C(=O)NC(C(=O)O)c1ccc(C)c(C)c1. The zero-order chi connectivity index (χ0) is 16.3. The number of nitrogens with one attached hydrogen (secondary N) is 1. The lowest BCUT2D eigenvalue weighted by atomic mass is 10.0. The van der Waals surface area contributed by atoms with Crippen LogP contribution in [0, 0.1) is 13.8 Å². The quantitative estimate of drug-likeness (QED) is 0.888. The van der Waals surface area contributed by atoms with E-state index in [4.69, 9.17) is 4.74 Å². The third-order valence-electron chi connectivity index (χ3n) is 3.44. The molecule has 1 unspecified atom stereocenters. The lowest BCUT2D eigenvalue weighted by Gasteiger charge is -2.16. The minimum atomic E-state index is -1.10. The molecule has 0 saturated carbocycles. The Morgan fingerprint density at radius 1 is 1.23 bits per heavy atom. The molecule has 0 aliphatic heterocycles. The second-order valence-corrected chi connectivity index (χ2v) is 5.82. The molecule has 1 amide bonds. The lowest BCUT2D eigenvalue weighted by molar-refractivity contribution is -0.139. The zero-order valence-electron chi connectivity index (χ0n) is 12.5. The summed E-state index contributed by atoms with van der Waals surface area (Å²) < 4.78 is 5.09. The average Bonchev–Trinajstić information content (AvgIpc) is 2.96. The van der Waals surface area contributed by atoms with E-state index in [0.29, 0.717) is 16.2 Å². The van der Waals surface area contributed by atoms with Gasteiger partial charge in [0, 0.05) is 0 Å². The van der Waals surface area contributed by atoms with Crippen LogP contribution < -0.4 is 10.1 Å². The average molecular weight is 319 g/mol. The normalized spacial score (nSPS) is 11.8. The molecule has 0 aliphatic carbocycles. The van der Waals surface area contributed by atoms with Crippen molar-refractivity contribution in [1.29, 1.82) is 0 Å². The van der Waals surface area contributed by atoms with Gasteiger partial charge in [0.2, 0.25) is 0 Å². The van der Waals surface area contributed by atoms with E-state index in [1.807, 2.05) is 19.9 Å². The highest BCUT2D eigenvalue weighted by Gasteiger charge is 2.25. The first-order valence-corrected chi connectivity index (χ1v) is 7.54. The van der Waals surface area contributed by atoms with Crippen LogP contribution in [0.25, 0.3) is 0 Å². The van der Waals surface area contributed by atoms with Gasteiger partial charge in [0.05, 0.1) is 7.11 Å². The van der Waals surface area contributed by atoms with Gasteiger partial charge in [-0.25, -0.2) is 4.79 Å². The molecule has 0 aliphatic rings. The molecule has 0 saturated heterocycles. The number of ether oxygens (including phenoxy) is 1. The second-order valence-electron chi connectivity index (χ2n) is 4.91. The maximum atomic E-state index is 12.3. The van der Waals surface area contributed by atoms with E-state index in [2.05, 4.69) is 5.32 Å². The first-order chi connectivity index (χ1) is 10.4. The summed E-state index contributed by atoms with van der Waals surface area (Å²) in [5.41, 5.74) is 2.59. The zero-order valence-corrected chi connectivity index (χ0v) is 13.4. The van der Waals surface area contributed by atoms with E-state index in [1.54, 1.807) is 23.6 Å². The lowest BCUT2D eigenvalue weighted by Crippen LogP contribution is -2.33. The van der Waals surface area contributed by atoms with Crippen LogP contribution in [-0.2, 0) is 4.79 Å². The van der Waals surface area contributed by atoms with Crippen molar-refractivity contribution in [1.82, 2.24) is 5.32 Å². The summed E-state index contributed by atoms with van der Waals surface area (Å²) in [5.74, 6) is -1.13. The summed E-state index contributed by atoms with van der Waals surface area (Å²) in [5, 5.41) is 13.7. The van der Waals surface area contributed by atoms with Gasteiger partial charge in [0.1, 0.15) is 10.6 Å². The highest BCUT2D eigenvalue weighted by molar-refractivity contribution is 7.12. The van der Waals surface area contributed by atoms with Crippen molar-refractivity contribution in [2.24, 2.45) is 0 Å². The number of amides is 1. The van der Waals surface area contributed by atoms with E-state index in [-0.39, 0.29) is 0 Å². The van der Waals surface area contributed by atoms with Crippen LogP contribution in [0.1, 0.15) is 32.4 Å². The van der Waals surface area contributed by atoms with Crippen LogP contribution in [0.5, 0.6) is 5.75 Å². The van der Waals surface area contributed by atoms with Gasteiger partial charge < -0.3 is 15.2 Å². The number of aryl methyl sites for hydroxylation is 2. The molecule has 0 fully saturated rings. The van der Waals surface area contributed by atoms with Gasteiger partial charge in [-0.3, -0.25) is 4.79 Å². The number of carbonyl (C=O) groups is 2. The molecule has 0 spiro atoms. The van der Waals surface area contributed by atoms with Gasteiger partial charge in [-0.1, -0.05) is 18.2 Å². The van der Waals surface area contributed by atoms with E-state index in [0.717, 1.165) is 11.1 Å². The third-order valence-corrected chi connectivity index (χ3v) is 4.34. The molecule has 0 radical (unpaired) electrons. The number of carboxylic acids is 1. The molecule has 2 aromatic rings. The first-order valence-electron chi connectivity index (χ1n) is 6.66. The number of hydrogen-bond acceptors (Lipinski definition) is 4.